The van der Waals surface area contributed by atoms with Gasteiger partial charge >= 0.3 is 0 Å². The molecular weight excluding hydrogens is 233 g/mol. The molecular formula is C12H14FN5. The molecule has 0 aliphatic carbocycles. The number of rotatable bonds is 4. The van der Waals surface area contributed by atoms with Gasteiger partial charge in [0.15, 0.2) is 0 Å². The number of hydrogen-bond acceptors (Lipinski definition) is 5. The van der Waals surface area contributed by atoms with Gasteiger partial charge in [0.2, 0.25) is 0 Å². The molecule has 5 nitrogen and oxygen atoms in total. The normalized spacial score (nSPS) is 10.2. The van der Waals surface area contributed by atoms with Crippen molar-refractivity contribution in [3.63, 3.8) is 0 Å². The molecule has 2 rings (SSSR count). The van der Waals surface area contributed by atoms with E-state index in [9.17, 15) is 4.39 Å². The fraction of sp³-hybridized carbons (Fsp3) is 0.167. The molecule has 0 radical (unpaired) electrons. The first kappa shape index (κ1) is 12.3. The summed E-state index contributed by atoms with van der Waals surface area (Å²) in [5, 5.41) is 3.06. The van der Waals surface area contributed by atoms with Crippen LogP contribution in [0.3, 0.4) is 0 Å². The van der Waals surface area contributed by atoms with Crippen molar-refractivity contribution in [2.75, 3.05) is 10.7 Å². The van der Waals surface area contributed by atoms with Crippen LogP contribution in [0.5, 0.6) is 0 Å². The third kappa shape index (κ3) is 2.54. The Bertz CT molecular complexity index is 544. The number of hydrogen-bond donors (Lipinski definition) is 3. The van der Waals surface area contributed by atoms with E-state index in [1.807, 2.05) is 6.92 Å². The molecule has 0 unspecified atom stereocenters. The molecule has 0 atom stereocenters. The van der Waals surface area contributed by atoms with Crippen LogP contribution in [0.25, 0.3) is 0 Å². The number of nitrogens with zero attached hydrogens (tertiary/aromatic N) is 2. The zero-order valence-electron chi connectivity index (χ0n) is 9.94. The molecule has 1 aromatic carbocycles. The Balaban J connectivity index is 2.14. The number of benzene rings is 1. The van der Waals surface area contributed by atoms with E-state index in [0.29, 0.717) is 23.7 Å². The van der Waals surface area contributed by atoms with Gasteiger partial charge in [-0.25, -0.2) is 20.2 Å². The second-order valence-electron chi connectivity index (χ2n) is 3.79. The van der Waals surface area contributed by atoms with Crippen LogP contribution < -0.4 is 16.6 Å². The van der Waals surface area contributed by atoms with Gasteiger partial charge < -0.3 is 10.7 Å². The van der Waals surface area contributed by atoms with Gasteiger partial charge in [0.25, 0.3) is 0 Å². The van der Waals surface area contributed by atoms with Crippen LogP contribution in [0.2, 0.25) is 0 Å². The quantitative estimate of drug-likeness (QED) is 0.567. The zero-order chi connectivity index (χ0) is 13.0. The van der Waals surface area contributed by atoms with Crippen LogP contribution in [-0.4, -0.2) is 9.97 Å². The van der Waals surface area contributed by atoms with E-state index < -0.39 is 0 Å². The van der Waals surface area contributed by atoms with Crippen LogP contribution in [0.1, 0.15) is 11.1 Å². The molecule has 0 spiro atoms. The molecule has 0 fully saturated rings. The predicted octanol–water partition coefficient (Wildman–Crippen LogP) is 1.82. The molecule has 1 heterocycles. The third-order valence-electron chi connectivity index (χ3n) is 2.62. The van der Waals surface area contributed by atoms with Gasteiger partial charge in [-0.15, -0.1) is 0 Å². The van der Waals surface area contributed by atoms with Crippen LogP contribution in [-0.2, 0) is 6.54 Å². The lowest BCUT2D eigenvalue weighted by atomic mass is 10.2. The first-order valence-electron chi connectivity index (χ1n) is 5.48. The SMILES string of the molecule is Cc1c(NN)ncnc1NCc1ccccc1F. The second kappa shape index (κ2) is 5.42. The summed E-state index contributed by atoms with van der Waals surface area (Å²) in [6.45, 7) is 2.19. The topological polar surface area (TPSA) is 75.9 Å². The van der Waals surface area contributed by atoms with Gasteiger partial charge in [-0.3, -0.25) is 0 Å². The largest absolute Gasteiger partial charge is 0.365 e. The summed E-state index contributed by atoms with van der Waals surface area (Å²) in [6, 6.07) is 6.60. The first-order chi connectivity index (χ1) is 8.72. The van der Waals surface area contributed by atoms with Crippen molar-refractivity contribution >= 4 is 11.6 Å². The van der Waals surface area contributed by atoms with E-state index in [1.165, 1.54) is 12.4 Å². The Morgan fingerprint density at radius 3 is 2.67 bits per heavy atom. The highest BCUT2D eigenvalue weighted by atomic mass is 19.1. The summed E-state index contributed by atoms with van der Waals surface area (Å²) in [5.74, 6) is 6.25. The monoisotopic (exact) mass is 247 g/mol. The van der Waals surface area contributed by atoms with E-state index in [1.54, 1.807) is 18.2 Å². The van der Waals surface area contributed by atoms with Crippen LogP contribution >= 0.6 is 0 Å². The average molecular weight is 247 g/mol. The molecule has 1 aromatic heterocycles. The maximum absolute atomic E-state index is 13.4. The fourth-order valence-corrected chi connectivity index (χ4v) is 1.59. The minimum atomic E-state index is -0.242. The van der Waals surface area contributed by atoms with Crippen molar-refractivity contribution in [1.29, 1.82) is 0 Å². The number of nitrogen functional groups attached to an aromatic ring is 1. The van der Waals surface area contributed by atoms with Gasteiger partial charge in [0.1, 0.15) is 23.8 Å². The highest BCUT2D eigenvalue weighted by Gasteiger charge is 2.06. The Morgan fingerprint density at radius 2 is 1.94 bits per heavy atom. The summed E-state index contributed by atoms with van der Waals surface area (Å²) < 4.78 is 13.4. The lowest BCUT2D eigenvalue weighted by Gasteiger charge is -2.11. The van der Waals surface area contributed by atoms with E-state index in [2.05, 4.69) is 20.7 Å². The first-order valence-corrected chi connectivity index (χ1v) is 5.48. The molecule has 18 heavy (non-hydrogen) atoms. The molecule has 6 heteroatoms. The lowest BCUT2D eigenvalue weighted by molar-refractivity contribution is 0.613. The smallest absolute Gasteiger partial charge is 0.148 e. The van der Waals surface area contributed by atoms with Crippen molar-refractivity contribution in [1.82, 2.24) is 9.97 Å². The Hall–Kier alpha value is -2.21. The lowest BCUT2D eigenvalue weighted by Crippen LogP contribution is -2.12. The summed E-state index contributed by atoms with van der Waals surface area (Å²) in [5.41, 5.74) is 3.85. The minimum Gasteiger partial charge on any atom is -0.365 e. The number of hydrazine groups is 1. The van der Waals surface area contributed by atoms with Crippen LogP contribution in [0.4, 0.5) is 16.0 Å². The van der Waals surface area contributed by atoms with Crippen molar-refractivity contribution in [3.8, 4) is 0 Å². The Labute approximate surface area is 104 Å². The molecule has 0 aliphatic heterocycles. The molecule has 0 amide bonds. The van der Waals surface area contributed by atoms with Crippen molar-refractivity contribution < 1.29 is 4.39 Å². The highest BCUT2D eigenvalue weighted by Crippen LogP contribution is 2.18. The number of nitrogens with two attached hydrogens (primary N) is 1. The molecule has 0 aliphatic rings. The van der Waals surface area contributed by atoms with Crippen molar-refractivity contribution in [2.45, 2.75) is 13.5 Å². The maximum atomic E-state index is 13.4. The predicted molar refractivity (Wildman–Crippen MR) is 68.3 cm³/mol. The summed E-state index contributed by atoms with van der Waals surface area (Å²) in [6.07, 6.45) is 1.39. The Morgan fingerprint density at radius 1 is 1.22 bits per heavy atom. The van der Waals surface area contributed by atoms with Crippen molar-refractivity contribution in [2.24, 2.45) is 5.84 Å². The van der Waals surface area contributed by atoms with Gasteiger partial charge in [-0.1, -0.05) is 18.2 Å². The number of halogens is 1. The van der Waals surface area contributed by atoms with Crippen LogP contribution in [0.15, 0.2) is 30.6 Å². The van der Waals surface area contributed by atoms with E-state index in [-0.39, 0.29) is 5.82 Å². The minimum absolute atomic E-state index is 0.242. The molecule has 94 valence electrons. The van der Waals surface area contributed by atoms with E-state index >= 15 is 0 Å². The molecule has 0 bridgehead atoms. The molecule has 2 aromatic rings. The Kier molecular flexibility index (Phi) is 3.69. The number of anilines is 2. The summed E-state index contributed by atoms with van der Waals surface area (Å²) in [4.78, 5) is 8.06. The van der Waals surface area contributed by atoms with Crippen LogP contribution in [0, 0.1) is 12.7 Å². The molecule has 0 saturated heterocycles. The molecule has 0 saturated carbocycles. The van der Waals surface area contributed by atoms with E-state index in [0.717, 1.165) is 5.56 Å². The summed E-state index contributed by atoms with van der Waals surface area (Å²) >= 11 is 0. The average Bonchev–Trinajstić information content (AvgIpc) is 2.39. The fourth-order valence-electron chi connectivity index (χ4n) is 1.59. The maximum Gasteiger partial charge on any atom is 0.148 e. The highest BCUT2D eigenvalue weighted by molar-refractivity contribution is 5.55. The zero-order valence-corrected chi connectivity index (χ0v) is 9.94. The standard InChI is InChI=1S/C12H14FN5/c1-8-11(16-7-17-12(8)18-14)15-6-9-4-2-3-5-10(9)13/h2-5,7H,6,14H2,1H3,(H2,15,16,17,18). The summed E-state index contributed by atoms with van der Waals surface area (Å²) in [7, 11) is 0. The number of nitrogens with one attached hydrogen (secondary N) is 2. The van der Waals surface area contributed by atoms with E-state index in [4.69, 9.17) is 5.84 Å². The van der Waals surface area contributed by atoms with Gasteiger partial charge in [0.05, 0.1) is 0 Å². The van der Waals surface area contributed by atoms with Gasteiger partial charge in [-0.05, 0) is 13.0 Å². The second-order valence-corrected chi connectivity index (χ2v) is 3.79. The number of aromatic nitrogens is 2. The van der Waals surface area contributed by atoms with Gasteiger partial charge in [-0.2, -0.15) is 0 Å². The van der Waals surface area contributed by atoms with Gasteiger partial charge in [0, 0.05) is 17.7 Å². The van der Waals surface area contributed by atoms with Crippen molar-refractivity contribution in [3.05, 3.63) is 47.5 Å². The third-order valence-corrected chi connectivity index (χ3v) is 2.62. The molecule has 4 N–H and O–H groups in total.